The average molecular weight is 312 g/mol. The Morgan fingerprint density at radius 3 is 1.96 bits per heavy atom. The normalized spacial score (nSPS) is 10.3. The third-order valence-electron chi connectivity index (χ3n) is 3.59. The topological polar surface area (TPSA) is 35.5 Å². The first-order valence-corrected chi connectivity index (χ1v) is 8.21. The van der Waals surface area contributed by atoms with E-state index in [-0.39, 0.29) is 5.78 Å². The Morgan fingerprint density at radius 1 is 0.826 bits per heavy atom. The number of ketones is 1. The van der Waals surface area contributed by atoms with Gasteiger partial charge in [-0.15, -0.1) is 0 Å². The van der Waals surface area contributed by atoms with Gasteiger partial charge in [-0.1, -0.05) is 26.2 Å². The summed E-state index contributed by atoms with van der Waals surface area (Å²) < 4.78 is 11.5. The van der Waals surface area contributed by atoms with Crippen LogP contribution in [0.2, 0.25) is 0 Å². The third kappa shape index (κ3) is 5.78. The molecule has 0 N–H and O–H groups in total. The molecule has 0 aliphatic heterocycles. The van der Waals surface area contributed by atoms with E-state index in [1.165, 1.54) is 19.3 Å². The second-order valence-electron chi connectivity index (χ2n) is 5.56. The van der Waals surface area contributed by atoms with Gasteiger partial charge in [0.2, 0.25) is 0 Å². The summed E-state index contributed by atoms with van der Waals surface area (Å²) in [6.07, 6.45) is 4.81. The molecule has 0 spiro atoms. The van der Waals surface area contributed by atoms with Crippen LogP contribution in [0.1, 0.15) is 49.9 Å². The summed E-state index contributed by atoms with van der Waals surface area (Å²) in [5.74, 6) is 2.37. The van der Waals surface area contributed by atoms with E-state index in [1.807, 2.05) is 24.3 Å². The van der Waals surface area contributed by atoms with E-state index in [2.05, 4.69) is 6.92 Å². The van der Waals surface area contributed by atoms with Crippen molar-refractivity contribution in [3.8, 4) is 17.2 Å². The van der Waals surface area contributed by atoms with Crippen LogP contribution in [0, 0.1) is 0 Å². The maximum atomic E-state index is 11.2. The minimum Gasteiger partial charge on any atom is -0.494 e. The molecule has 0 saturated heterocycles. The lowest BCUT2D eigenvalue weighted by Crippen LogP contribution is -1.97. The summed E-state index contributed by atoms with van der Waals surface area (Å²) in [7, 11) is 0. The lowest BCUT2D eigenvalue weighted by Gasteiger charge is -2.09. The van der Waals surface area contributed by atoms with Gasteiger partial charge in [-0.3, -0.25) is 4.79 Å². The van der Waals surface area contributed by atoms with Crippen molar-refractivity contribution in [2.24, 2.45) is 0 Å². The Hall–Kier alpha value is -2.29. The van der Waals surface area contributed by atoms with Crippen molar-refractivity contribution in [2.45, 2.75) is 39.5 Å². The smallest absolute Gasteiger partial charge is 0.159 e. The van der Waals surface area contributed by atoms with Crippen LogP contribution in [0.5, 0.6) is 17.2 Å². The van der Waals surface area contributed by atoms with Crippen LogP contribution in [0.4, 0.5) is 0 Å². The van der Waals surface area contributed by atoms with E-state index in [1.54, 1.807) is 31.2 Å². The van der Waals surface area contributed by atoms with Gasteiger partial charge in [-0.25, -0.2) is 0 Å². The number of rotatable bonds is 9. The molecule has 0 atom stereocenters. The number of hydrogen-bond donors (Lipinski definition) is 0. The molecule has 0 radical (unpaired) electrons. The van der Waals surface area contributed by atoms with Crippen molar-refractivity contribution in [1.82, 2.24) is 0 Å². The highest BCUT2D eigenvalue weighted by Crippen LogP contribution is 2.24. The molecule has 122 valence electrons. The highest BCUT2D eigenvalue weighted by molar-refractivity contribution is 5.94. The Bertz CT molecular complexity index is 600. The van der Waals surface area contributed by atoms with Crippen molar-refractivity contribution in [2.75, 3.05) is 6.61 Å². The van der Waals surface area contributed by atoms with E-state index < -0.39 is 0 Å². The summed E-state index contributed by atoms with van der Waals surface area (Å²) >= 11 is 0. The number of hydrogen-bond acceptors (Lipinski definition) is 3. The van der Waals surface area contributed by atoms with Gasteiger partial charge in [0, 0.05) is 5.56 Å². The Kier molecular flexibility index (Phi) is 6.67. The monoisotopic (exact) mass is 312 g/mol. The average Bonchev–Trinajstić information content (AvgIpc) is 2.57. The van der Waals surface area contributed by atoms with E-state index in [9.17, 15) is 4.79 Å². The molecule has 0 amide bonds. The maximum absolute atomic E-state index is 11.2. The van der Waals surface area contributed by atoms with Crippen LogP contribution < -0.4 is 9.47 Å². The van der Waals surface area contributed by atoms with E-state index >= 15 is 0 Å². The fourth-order valence-electron chi connectivity index (χ4n) is 2.22. The van der Waals surface area contributed by atoms with E-state index in [4.69, 9.17) is 9.47 Å². The largest absolute Gasteiger partial charge is 0.494 e. The maximum Gasteiger partial charge on any atom is 0.159 e. The minimum atomic E-state index is 0.0528. The van der Waals surface area contributed by atoms with Gasteiger partial charge in [0.15, 0.2) is 5.78 Å². The molecular weight excluding hydrogens is 288 g/mol. The zero-order valence-electron chi connectivity index (χ0n) is 13.9. The Balaban J connectivity index is 1.83. The quantitative estimate of drug-likeness (QED) is 0.444. The molecule has 0 fully saturated rings. The fraction of sp³-hybridized carbons (Fsp3) is 0.350. The molecular formula is C20H24O3. The number of unbranched alkanes of at least 4 members (excludes halogenated alkanes) is 3. The summed E-state index contributed by atoms with van der Waals surface area (Å²) in [6, 6.07) is 14.7. The first-order valence-electron chi connectivity index (χ1n) is 8.21. The Morgan fingerprint density at radius 2 is 1.39 bits per heavy atom. The Labute approximate surface area is 138 Å². The SMILES string of the molecule is CCCCCCOc1ccc(Oc2ccc(C(C)=O)cc2)cc1. The van der Waals surface area contributed by atoms with Gasteiger partial charge in [0.05, 0.1) is 6.61 Å². The summed E-state index contributed by atoms with van der Waals surface area (Å²) in [5.41, 5.74) is 0.684. The molecule has 2 aromatic rings. The molecule has 0 bridgehead atoms. The zero-order valence-corrected chi connectivity index (χ0v) is 13.9. The molecule has 0 unspecified atom stereocenters. The predicted octanol–water partition coefficient (Wildman–Crippen LogP) is 5.64. The van der Waals surface area contributed by atoms with Crippen LogP contribution in [0.25, 0.3) is 0 Å². The molecule has 0 aromatic heterocycles. The highest BCUT2D eigenvalue weighted by Gasteiger charge is 2.01. The van der Waals surface area contributed by atoms with Gasteiger partial charge in [-0.2, -0.15) is 0 Å². The van der Waals surface area contributed by atoms with Gasteiger partial charge in [0.25, 0.3) is 0 Å². The number of benzene rings is 2. The van der Waals surface area contributed by atoms with Gasteiger partial charge >= 0.3 is 0 Å². The van der Waals surface area contributed by atoms with Crippen molar-refractivity contribution in [1.29, 1.82) is 0 Å². The van der Waals surface area contributed by atoms with Crippen LogP contribution in [0.3, 0.4) is 0 Å². The molecule has 0 aliphatic rings. The molecule has 3 heteroatoms. The number of ether oxygens (including phenoxy) is 2. The molecule has 0 saturated carbocycles. The molecule has 23 heavy (non-hydrogen) atoms. The summed E-state index contributed by atoms with van der Waals surface area (Å²) in [4.78, 5) is 11.2. The van der Waals surface area contributed by atoms with Crippen LogP contribution in [0.15, 0.2) is 48.5 Å². The van der Waals surface area contributed by atoms with E-state index in [0.29, 0.717) is 11.3 Å². The van der Waals surface area contributed by atoms with Gasteiger partial charge < -0.3 is 9.47 Å². The fourth-order valence-corrected chi connectivity index (χ4v) is 2.22. The highest BCUT2D eigenvalue weighted by atomic mass is 16.5. The third-order valence-corrected chi connectivity index (χ3v) is 3.59. The lowest BCUT2D eigenvalue weighted by molar-refractivity contribution is 0.101. The van der Waals surface area contributed by atoms with Crippen molar-refractivity contribution in [3.05, 3.63) is 54.1 Å². The number of Topliss-reactive ketones (excluding diaryl/α,β-unsaturated/α-hetero) is 1. The predicted molar refractivity (Wildman–Crippen MR) is 92.6 cm³/mol. The van der Waals surface area contributed by atoms with E-state index in [0.717, 1.165) is 24.5 Å². The zero-order chi connectivity index (χ0) is 16.5. The summed E-state index contributed by atoms with van der Waals surface area (Å²) in [5, 5.41) is 0. The van der Waals surface area contributed by atoms with Crippen LogP contribution >= 0.6 is 0 Å². The van der Waals surface area contributed by atoms with Crippen molar-refractivity contribution >= 4 is 5.78 Å². The summed E-state index contributed by atoms with van der Waals surface area (Å²) in [6.45, 7) is 4.51. The minimum absolute atomic E-state index is 0.0528. The second-order valence-corrected chi connectivity index (χ2v) is 5.56. The van der Waals surface area contributed by atoms with Crippen molar-refractivity contribution < 1.29 is 14.3 Å². The molecule has 2 rings (SSSR count). The molecule has 0 aliphatic carbocycles. The second kappa shape index (κ2) is 8.99. The first-order chi connectivity index (χ1) is 11.2. The van der Waals surface area contributed by atoms with Crippen LogP contribution in [-0.4, -0.2) is 12.4 Å². The van der Waals surface area contributed by atoms with Crippen LogP contribution in [-0.2, 0) is 0 Å². The number of carbonyl (C=O) groups is 1. The van der Waals surface area contributed by atoms with Crippen molar-refractivity contribution in [3.63, 3.8) is 0 Å². The van der Waals surface area contributed by atoms with Gasteiger partial charge in [0.1, 0.15) is 17.2 Å². The molecule has 2 aromatic carbocycles. The molecule has 0 heterocycles. The number of carbonyl (C=O) groups excluding carboxylic acids is 1. The van der Waals surface area contributed by atoms with Gasteiger partial charge in [-0.05, 0) is 61.9 Å². The standard InChI is InChI=1S/C20H24O3/c1-3-4-5-6-15-22-18-11-13-20(14-12-18)23-19-9-7-17(8-10-19)16(2)21/h7-14H,3-6,15H2,1-2H3. The molecule has 3 nitrogen and oxygen atoms in total. The lowest BCUT2D eigenvalue weighted by atomic mass is 10.1. The first kappa shape index (κ1) is 17.1.